The van der Waals surface area contributed by atoms with Gasteiger partial charge in [-0.15, -0.1) is 0 Å². The first kappa shape index (κ1) is 12.1. The lowest BCUT2D eigenvalue weighted by molar-refractivity contribution is 0.383. The number of nitrogens with zero attached hydrogens (tertiary/aromatic N) is 1. The van der Waals surface area contributed by atoms with Crippen molar-refractivity contribution in [1.29, 1.82) is 0 Å². The van der Waals surface area contributed by atoms with E-state index in [1.165, 1.54) is 16.3 Å². The SMILES string of the molecule is CN(C)CCC(N)c1ccc2ccccc2c1. The van der Waals surface area contributed by atoms with E-state index in [2.05, 4.69) is 61.5 Å². The van der Waals surface area contributed by atoms with Crippen molar-refractivity contribution < 1.29 is 0 Å². The maximum absolute atomic E-state index is 6.21. The Morgan fingerprint density at radius 3 is 2.47 bits per heavy atom. The lowest BCUT2D eigenvalue weighted by atomic mass is 10.0. The Labute approximate surface area is 103 Å². The summed E-state index contributed by atoms with van der Waals surface area (Å²) in [4.78, 5) is 2.17. The molecule has 0 spiro atoms. The number of fused-ring (bicyclic) bond motifs is 1. The molecule has 2 aromatic rings. The van der Waals surface area contributed by atoms with E-state index in [9.17, 15) is 0 Å². The van der Waals surface area contributed by atoms with Gasteiger partial charge in [-0.3, -0.25) is 0 Å². The van der Waals surface area contributed by atoms with Gasteiger partial charge in [-0.1, -0.05) is 36.4 Å². The van der Waals surface area contributed by atoms with Gasteiger partial charge in [0.05, 0.1) is 0 Å². The molecule has 17 heavy (non-hydrogen) atoms. The van der Waals surface area contributed by atoms with Crippen LogP contribution < -0.4 is 5.73 Å². The molecular weight excluding hydrogens is 208 g/mol. The fourth-order valence-corrected chi connectivity index (χ4v) is 2.00. The standard InChI is InChI=1S/C15H20N2/c1-17(2)10-9-15(16)14-8-7-12-5-3-4-6-13(12)11-14/h3-8,11,15H,9-10,16H2,1-2H3. The Kier molecular flexibility index (Phi) is 3.77. The Morgan fingerprint density at radius 1 is 1.06 bits per heavy atom. The molecule has 2 nitrogen and oxygen atoms in total. The normalized spacial score (nSPS) is 13.2. The van der Waals surface area contributed by atoms with E-state index in [0.29, 0.717) is 0 Å². The van der Waals surface area contributed by atoms with Gasteiger partial charge in [0.1, 0.15) is 0 Å². The minimum absolute atomic E-state index is 0.127. The quantitative estimate of drug-likeness (QED) is 0.872. The van der Waals surface area contributed by atoms with Crippen LogP contribution in [0.4, 0.5) is 0 Å². The molecule has 0 saturated carbocycles. The molecule has 1 atom stereocenters. The molecule has 2 rings (SSSR count). The monoisotopic (exact) mass is 228 g/mol. The van der Waals surface area contributed by atoms with Crippen molar-refractivity contribution in [2.75, 3.05) is 20.6 Å². The Morgan fingerprint density at radius 2 is 1.76 bits per heavy atom. The average Bonchev–Trinajstić information content (AvgIpc) is 2.35. The maximum atomic E-state index is 6.21. The van der Waals surface area contributed by atoms with E-state index in [1.54, 1.807) is 0 Å². The minimum atomic E-state index is 0.127. The fourth-order valence-electron chi connectivity index (χ4n) is 2.00. The molecule has 2 heteroatoms. The highest BCUT2D eigenvalue weighted by molar-refractivity contribution is 5.83. The molecule has 0 fully saturated rings. The van der Waals surface area contributed by atoms with Gasteiger partial charge in [0, 0.05) is 6.04 Å². The van der Waals surface area contributed by atoms with Crippen LogP contribution in [0.25, 0.3) is 10.8 Å². The van der Waals surface area contributed by atoms with Crippen LogP contribution in [0.3, 0.4) is 0 Å². The van der Waals surface area contributed by atoms with Crippen LogP contribution in [0.1, 0.15) is 18.0 Å². The molecule has 2 aromatic carbocycles. The van der Waals surface area contributed by atoms with E-state index in [-0.39, 0.29) is 6.04 Å². The summed E-state index contributed by atoms with van der Waals surface area (Å²) in [6, 6.07) is 15.0. The van der Waals surface area contributed by atoms with Crippen molar-refractivity contribution in [3.8, 4) is 0 Å². The third-order valence-electron chi connectivity index (χ3n) is 3.09. The van der Waals surface area contributed by atoms with Gasteiger partial charge in [0.15, 0.2) is 0 Å². The zero-order valence-corrected chi connectivity index (χ0v) is 10.6. The molecule has 90 valence electrons. The van der Waals surface area contributed by atoms with Gasteiger partial charge in [-0.05, 0) is 49.5 Å². The van der Waals surface area contributed by atoms with Gasteiger partial charge in [0.25, 0.3) is 0 Å². The van der Waals surface area contributed by atoms with Crippen molar-refractivity contribution in [3.63, 3.8) is 0 Å². The molecule has 0 radical (unpaired) electrons. The summed E-state index contributed by atoms with van der Waals surface area (Å²) >= 11 is 0. The third-order valence-corrected chi connectivity index (χ3v) is 3.09. The molecule has 0 amide bonds. The number of hydrogen-bond donors (Lipinski definition) is 1. The van der Waals surface area contributed by atoms with Gasteiger partial charge in [-0.25, -0.2) is 0 Å². The Hall–Kier alpha value is -1.38. The molecule has 1 unspecified atom stereocenters. The van der Waals surface area contributed by atoms with Crippen LogP contribution in [0, 0.1) is 0 Å². The minimum Gasteiger partial charge on any atom is -0.324 e. The van der Waals surface area contributed by atoms with E-state index in [0.717, 1.165) is 13.0 Å². The predicted octanol–water partition coefficient (Wildman–Crippen LogP) is 2.79. The summed E-state index contributed by atoms with van der Waals surface area (Å²) in [6.45, 7) is 1.02. The van der Waals surface area contributed by atoms with Crippen molar-refractivity contribution in [2.24, 2.45) is 5.73 Å². The molecular formula is C15H20N2. The highest BCUT2D eigenvalue weighted by Gasteiger charge is 2.06. The third kappa shape index (κ3) is 3.05. The van der Waals surface area contributed by atoms with Crippen LogP contribution in [0.2, 0.25) is 0 Å². The fraction of sp³-hybridized carbons (Fsp3) is 0.333. The zero-order chi connectivity index (χ0) is 12.3. The van der Waals surface area contributed by atoms with Crippen LogP contribution in [0.5, 0.6) is 0 Å². The Bertz CT molecular complexity index is 491. The lowest BCUT2D eigenvalue weighted by Crippen LogP contribution is -2.20. The summed E-state index contributed by atoms with van der Waals surface area (Å²) in [5, 5.41) is 2.54. The van der Waals surface area contributed by atoms with Crippen molar-refractivity contribution in [2.45, 2.75) is 12.5 Å². The lowest BCUT2D eigenvalue weighted by Gasteiger charge is -2.16. The van der Waals surface area contributed by atoms with Crippen LogP contribution in [0.15, 0.2) is 42.5 Å². The van der Waals surface area contributed by atoms with Gasteiger partial charge in [-0.2, -0.15) is 0 Å². The number of hydrogen-bond acceptors (Lipinski definition) is 2. The number of rotatable bonds is 4. The largest absolute Gasteiger partial charge is 0.324 e. The molecule has 2 N–H and O–H groups in total. The summed E-state index contributed by atoms with van der Waals surface area (Å²) in [6.07, 6.45) is 0.991. The zero-order valence-electron chi connectivity index (χ0n) is 10.6. The molecule has 0 saturated heterocycles. The highest BCUT2D eigenvalue weighted by atomic mass is 15.0. The van der Waals surface area contributed by atoms with Crippen LogP contribution in [-0.4, -0.2) is 25.5 Å². The Balaban J connectivity index is 2.18. The highest BCUT2D eigenvalue weighted by Crippen LogP contribution is 2.20. The van der Waals surface area contributed by atoms with Crippen LogP contribution >= 0.6 is 0 Å². The summed E-state index contributed by atoms with van der Waals surface area (Å²) in [5.74, 6) is 0. The van der Waals surface area contributed by atoms with E-state index in [4.69, 9.17) is 5.73 Å². The number of nitrogens with two attached hydrogens (primary N) is 1. The van der Waals surface area contributed by atoms with E-state index >= 15 is 0 Å². The second-order valence-corrected chi connectivity index (χ2v) is 4.81. The van der Waals surface area contributed by atoms with Crippen molar-refractivity contribution in [1.82, 2.24) is 4.90 Å². The molecule has 0 aliphatic rings. The smallest absolute Gasteiger partial charge is 0.0307 e. The summed E-state index contributed by atoms with van der Waals surface area (Å²) in [5.41, 5.74) is 7.44. The topological polar surface area (TPSA) is 29.3 Å². The maximum Gasteiger partial charge on any atom is 0.0307 e. The number of benzene rings is 2. The molecule has 0 aliphatic carbocycles. The second-order valence-electron chi connectivity index (χ2n) is 4.81. The van der Waals surface area contributed by atoms with E-state index < -0.39 is 0 Å². The van der Waals surface area contributed by atoms with E-state index in [1.807, 2.05) is 0 Å². The summed E-state index contributed by atoms with van der Waals surface area (Å²) in [7, 11) is 4.15. The average molecular weight is 228 g/mol. The van der Waals surface area contributed by atoms with Crippen molar-refractivity contribution >= 4 is 10.8 Å². The predicted molar refractivity (Wildman–Crippen MR) is 74.0 cm³/mol. The van der Waals surface area contributed by atoms with Crippen molar-refractivity contribution in [3.05, 3.63) is 48.0 Å². The van der Waals surface area contributed by atoms with Crippen LogP contribution in [-0.2, 0) is 0 Å². The molecule has 0 aromatic heterocycles. The molecule has 0 heterocycles. The van der Waals surface area contributed by atoms with Gasteiger partial charge >= 0.3 is 0 Å². The second kappa shape index (κ2) is 5.30. The first-order valence-electron chi connectivity index (χ1n) is 6.06. The first-order valence-corrected chi connectivity index (χ1v) is 6.06. The van der Waals surface area contributed by atoms with Gasteiger partial charge < -0.3 is 10.6 Å². The molecule has 0 bridgehead atoms. The molecule has 0 aliphatic heterocycles. The summed E-state index contributed by atoms with van der Waals surface area (Å²) < 4.78 is 0. The van der Waals surface area contributed by atoms with Gasteiger partial charge in [0.2, 0.25) is 0 Å². The first-order chi connectivity index (χ1) is 8.16.